The van der Waals surface area contributed by atoms with Gasteiger partial charge in [-0.3, -0.25) is 19.6 Å². The highest BCUT2D eigenvalue weighted by Gasteiger charge is 2.40. The molecule has 0 spiro atoms. The summed E-state index contributed by atoms with van der Waals surface area (Å²) in [5, 5.41) is 1.47. The van der Waals surface area contributed by atoms with Crippen molar-refractivity contribution < 1.29 is 9.59 Å². The number of para-hydroxylation sites is 2. The fourth-order valence-corrected chi connectivity index (χ4v) is 3.82. The van der Waals surface area contributed by atoms with Crippen LogP contribution in [-0.2, 0) is 0 Å². The summed E-state index contributed by atoms with van der Waals surface area (Å²) in [5.41, 5.74) is 4.17. The van der Waals surface area contributed by atoms with Crippen molar-refractivity contribution in [1.82, 2.24) is 9.97 Å². The summed E-state index contributed by atoms with van der Waals surface area (Å²) in [6.07, 6.45) is 0. The van der Waals surface area contributed by atoms with Crippen molar-refractivity contribution in [2.75, 3.05) is 4.90 Å². The van der Waals surface area contributed by atoms with Crippen LogP contribution in [0, 0.1) is 13.8 Å². The van der Waals surface area contributed by atoms with Gasteiger partial charge in [0.25, 0.3) is 11.8 Å². The molecule has 4 aromatic rings. The largest absolute Gasteiger partial charge is 0.268 e. The quantitative estimate of drug-likeness (QED) is 0.481. The van der Waals surface area contributed by atoms with E-state index in [-0.39, 0.29) is 11.8 Å². The van der Waals surface area contributed by atoms with Gasteiger partial charge >= 0.3 is 0 Å². The van der Waals surface area contributed by atoms with E-state index >= 15 is 0 Å². The van der Waals surface area contributed by atoms with Crippen LogP contribution in [0.15, 0.2) is 54.6 Å². The third-order valence-corrected chi connectivity index (χ3v) is 4.97. The van der Waals surface area contributed by atoms with Crippen molar-refractivity contribution in [3.8, 4) is 0 Å². The molecule has 2 amide bonds. The highest BCUT2D eigenvalue weighted by Crippen LogP contribution is 2.37. The van der Waals surface area contributed by atoms with E-state index in [0.717, 1.165) is 16.6 Å². The molecular weight excluding hydrogens is 338 g/mol. The average molecular weight is 353 g/mol. The molecule has 130 valence electrons. The lowest BCUT2D eigenvalue weighted by Gasteiger charge is -2.17. The minimum Gasteiger partial charge on any atom is -0.268 e. The van der Waals surface area contributed by atoms with E-state index in [0.29, 0.717) is 33.4 Å². The van der Waals surface area contributed by atoms with Gasteiger partial charge in [0.2, 0.25) is 0 Å². The molecule has 3 heterocycles. The number of anilines is 1. The number of rotatable bonds is 1. The van der Waals surface area contributed by atoms with E-state index in [4.69, 9.17) is 0 Å². The van der Waals surface area contributed by atoms with E-state index < -0.39 is 0 Å². The zero-order chi connectivity index (χ0) is 18.7. The SMILES string of the molecule is Cc1cc(N2C(=O)c3c(C)nc4ccccc4c3C2=O)c2ccccc2n1. The van der Waals surface area contributed by atoms with Crippen LogP contribution in [0.5, 0.6) is 0 Å². The van der Waals surface area contributed by atoms with Gasteiger partial charge in [0.05, 0.1) is 33.5 Å². The van der Waals surface area contributed by atoms with Crippen LogP contribution >= 0.6 is 0 Å². The Labute approximate surface area is 155 Å². The van der Waals surface area contributed by atoms with Crippen LogP contribution in [0.25, 0.3) is 21.8 Å². The molecule has 1 aliphatic heterocycles. The van der Waals surface area contributed by atoms with Crippen molar-refractivity contribution in [3.63, 3.8) is 0 Å². The first-order chi connectivity index (χ1) is 13.1. The summed E-state index contributed by atoms with van der Waals surface area (Å²) in [4.78, 5) is 37.0. The molecule has 5 heteroatoms. The van der Waals surface area contributed by atoms with Gasteiger partial charge in [-0.05, 0) is 32.0 Å². The molecule has 2 aromatic carbocycles. The Hall–Kier alpha value is -3.60. The number of nitrogens with zero attached hydrogens (tertiary/aromatic N) is 3. The molecule has 0 saturated heterocycles. The standard InChI is InChI=1S/C22H15N3O2/c1-12-11-18(14-7-3-5-9-16(14)23-12)25-21(26)19-13(2)24-17-10-6-4-8-15(17)20(19)22(25)27/h3-11H,1-2H3. The number of benzene rings is 2. The van der Waals surface area contributed by atoms with Gasteiger partial charge in [0.1, 0.15) is 0 Å². The molecule has 0 saturated carbocycles. The minimum absolute atomic E-state index is 0.313. The van der Waals surface area contributed by atoms with Crippen molar-refractivity contribution in [2.24, 2.45) is 0 Å². The van der Waals surface area contributed by atoms with Crippen LogP contribution in [0.3, 0.4) is 0 Å². The lowest BCUT2D eigenvalue weighted by atomic mass is 10.0. The van der Waals surface area contributed by atoms with E-state index in [1.54, 1.807) is 13.0 Å². The maximum atomic E-state index is 13.4. The van der Waals surface area contributed by atoms with E-state index in [1.807, 2.05) is 55.5 Å². The predicted molar refractivity (Wildman–Crippen MR) is 104 cm³/mol. The first-order valence-corrected chi connectivity index (χ1v) is 8.71. The maximum Gasteiger partial charge on any atom is 0.268 e. The average Bonchev–Trinajstić information content (AvgIpc) is 2.92. The Morgan fingerprint density at radius 1 is 0.741 bits per heavy atom. The van der Waals surface area contributed by atoms with Crippen LogP contribution in [-0.4, -0.2) is 21.8 Å². The highest BCUT2D eigenvalue weighted by atomic mass is 16.2. The summed E-state index contributed by atoms with van der Waals surface area (Å²) in [6, 6.07) is 16.7. The number of fused-ring (bicyclic) bond motifs is 4. The summed E-state index contributed by atoms with van der Waals surface area (Å²) < 4.78 is 0. The van der Waals surface area contributed by atoms with Gasteiger partial charge in [0.15, 0.2) is 0 Å². The fourth-order valence-electron chi connectivity index (χ4n) is 3.82. The molecule has 5 rings (SSSR count). The van der Waals surface area contributed by atoms with E-state index in [2.05, 4.69) is 9.97 Å². The number of hydrogen-bond acceptors (Lipinski definition) is 4. The normalized spacial score (nSPS) is 13.6. The summed E-state index contributed by atoms with van der Waals surface area (Å²) in [7, 11) is 0. The Bertz CT molecular complexity index is 1290. The zero-order valence-corrected chi connectivity index (χ0v) is 14.9. The van der Waals surface area contributed by atoms with Gasteiger partial charge in [-0.2, -0.15) is 0 Å². The molecule has 0 fully saturated rings. The number of hydrogen-bond donors (Lipinski definition) is 0. The second-order valence-electron chi connectivity index (χ2n) is 6.71. The number of aryl methyl sites for hydroxylation is 2. The van der Waals surface area contributed by atoms with Gasteiger partial charge < -0.3 is 0 Å². The van der Waals surface area contributed by atoms with E-state index in [1.165, 1.54) is 4.90 Å². The highest BCUT2D eigenvalue weighted by molar-refractivity contribution is 6.39. The van der Waals surface area contributed by atoms with Gasteiger partial charge in [-0.1, -0.05) is 36.4 Å². The molecule has 1 aliphatic rings. The summed E-state index contributed by atoms with van der Waals surface area (Å²) in [6.45, 7) is 3.63. The third-order valence-electron chi connectivity index (χ3n) is 4.97. The minimum atomic E-state index is -0.332. The number of aromatic nitrogens is 2. The molecule has 0 aliphatic carbocycles. The molecule has 2 aromatic heterocycles. The monoisotopic (exact) mass is 353 g/mol. The molecule has 0 N–H and O–H groups in total. The van der Waals surface area contributed by atoms with Crippen molar-refractivity contribution >= 4 is 39.3 Å². The van der Waals surface area contributed by atoms with Crippen molar-refractivity contribution in [2.45, 2.75) is 13.8 Å². The lowest BCUT2D eigenvalue weighted by molar-refractivity contribution is 0.0927. The second kappa shape index (κ2) is 5.45. The first kappa shape index (κ1) is 15.6. The molecule has 0 atom stereocenters. The third kappa shape index (κ3) is 2.11. The van der Waals surface area contributed by atoms with E-state index in [9.17, 15) is 9.59 Å². The van der Waals surface area contributed by atoms with Crippen LogP contribution in [0.1, 0.15) is 32.1 Å². The topological polar surface area (TPSA) is 63.2 Å². The maximum absolute atomic E-state index is 13.4. The lowest BCUT2D eigenvalue weighted by Crippen LogP contribution is -2.30. The Kier molecular flexibility index (Phi) is 3.15. The number of carbonyl (C=O) groups is 2. The van der Waals surface area contributed by atoms with Gasteiger partial charge in [0, 0.05) is 16.5 Å². The second-order valence-corrected chi connectivity index (χ2v) is 6.71. The molecule has 0 bridgehead atoms. The van der Waals surface area contributed by atoms with Gasteiger partial charge in [-0.15, -0.1) is 0 Å². The van der Waals surface area contributed by atoms with Crippen LogP contribution in [0.4, 0.5) is 5.69 Å². The molecule has 27 heavy (non-hydrogen) atoms. The first-order valence-electron chi connectivity index (χ1n) is 8.71. The fraction of sp³-hybridized carbons (Fsp3) is 0.0909. The predicted octanol–water partition coefficient (Wildman–Crippen LogP) is 4.20. The number of imide groups is 1. The zero-order valence-electron chi connectivity index (χ0n) is 14.9. The van der Waals surface area contributed by atoms with Crippen molar-refractivity contribution in [3.05, 3.63) is 77.1 Å². The number of carbonyl (C=O) groups excluding carboxylic acids is 2. The molecule has 5 nitrogen and oxygen atoms in total. The molecule has 0 unspecified atom stereocenters. The molecule has 0 radical (unpaired) electrons. The van der Waals surface area contributed by atoms with Crippen molar-refractivity contribution in [1.29, 1.82) is 0 Å². The summed E-state index contributed by atoms with van der Waals surface area (Å²) >= 11 is 0. The smallest absolute Gasteiger partial charge is 0.268 e. The van der Waals surface area contributed by atoms with Crippen LogP contribution < -0.4 is 4.90 Å². The number of pyridine rings is 2. The molecular formula is C22H15N3O2. The Balaban J connectivity index is 1.82. The van der Waals surface area contributed by atoms with Crippen LogP contribution in [0.2, 0.25) is 0 Å². The Morgan fingerprint density at radius 3 is 2.07 bits per heavy atom. The Morgan fingerprint density at radius 2 is 1.33 bits per heavy atom. The number of amides is 2. The summed E-state index contributed by atoms with van der Waals surface area (Å²) in [5.74, 6) is -0.644. The van der Waals surface area contributed by atoms with Gasteiger partial charge in [-0.25, -0.2) is 4.90 Å².